The van der Waals surface area contributed by atoms with Gasteiger partial charge in [-0.15, -0.1) is 0 Å². The van der Waals surface area contributed by atoms with Crippen LogP contribution in [-0.2, 0) is 11.3 Å². The lowest BCUT2D eigenvalue weighted by atomic mass is 10.2. The predicted octanol–water partition coefficient (Wildman–Crippen LogP) is 3.14. The number of rotatable bonds is 7. The molecular formula is C19H19ClN2O5. The van der Waals surface area contributed by atoms with E-state index in [2.05, 4.69) is 5.32 Å². The van der Waals surface area contributed by atoms with Gasteiger partial charge >= 0.3 is 12.0 Å². The summed E-state index contributed by atoms with van der Waals surface area (Å²) in [7, 11) is 3.00. The third-order valence-electron chi connectivity index (χ3n) is 3.49. The first-order valence-corrected chi connectivity index (χ1v) is 8.24. The Morgan fingerprint density at radius 1 is 1.15 bits per heavy atom. The van der Waals surface area contributed by atoms with Gasteiger partial charge in [-0.05, 0) is 41.5 Å². The molecule has 0 unspecified atom stereocenters. The number of nitrogens with two attached hydrogens (primary N) is 1. The molecule has 0 aromatic heterocycles. The molecule has 2 aromatic rings. The van der Waals surface area contributed by atoms with Gasteiger partial charge in [0.25, 0.3) is 0 Å². The van der Waals surface area contributed by atoms with Crippen molar-refractivity contribution >= 4 is 29.7 Å². The van der Waals surface area contributed by atoms with E-state index in [-0.39, 0.29) is 23.1 Å². The van der Waals surface area contributed by atoms with Gasteiger partial charge in [-0.1, -0.05) is 23.7 Å². The second kappa shape index (κ2) is 9.49. The Kier molecular flexibility index (Phi) is 7.08. The Hall–Kier alpha value is -3.19. The maximum absolute atomic E-state index is 12.1. The van der Waals surface area contributed by atoms with Crippen molar-refractivity contribution in [2.75, 3.05) is 14.2 Å². The molecule has 2 amide bonds. The summed E-state index contributed by atoms with van der Waals surface area (Å²) in [5, 5.41) is 2.61. The van der Waals surface area contributed by atoms with E-state index in [1.807, 2.05) is 0 Å². The van der Waals surface area contributed by atoms with Crippen molar-refractivity contribution in [1.82, 2.24) is 5.32 Å². The van der Waals surface area contributed by atoms with Crippen LogP contribution in [0.15, 0.2) is 42.5 Å². The Morgan fingerprint density at radius 3 is 2.44 bits per heavy atom. The molecule has 0 heterocycles. The lowest BCUT2D eigenvalue weighted by Gasteiger charge is -2.12. The molecule has 0 radical (unpaired) electrons. The van der Waals surface area contributed by atoms with Crippen LogP contribution in [0, 0.1) is 0 Å². The van der Waals surface area contributed by atoms with Crippen LogP contribution < -0.4 is 25.3 Å². The predicted molar refractivity (Wildman–Crippen MR) is 102 cm³/mol. The van der Waals surface area contributed by atoms with Gasteiger partial charge in [0.05, 0.1) is 19.2 Å². The van der Waals surface area contributed by atoms with Gasteiger partial charge in [-0.25, -0.2) is 9.59 Å². The van der Waals surface area contributed by atoms with Gasteiger partial charge < -0.3 is 25.3 Å². The Bertz CT molecular complexity index is 850. The number of benzene rings is 2. The zero-order chi connectivity index (χ0) is 19.8. The second-order valence-corrected chi connectivity index (χ2v) is 5.76. The van der Waals surface area contributed by atoms with Crippen LogP contribution in [0.4, 0.5) is 4.79 Å². The molecule has 0 aliphatic rings. The van der Waals surface area contributed by atoms with E-state index in [4.69, 9.17) is 31.5 Å². The van der Waals surface area contributed by atoms with Crippen molar-refractivity contribution < 1.29 is 23.8 Å². The molecule has 0 atom stereocenters. The van der Waals surface area contributed by atoms with Crippen molar-refractivity contribution in [3.63, 3.8) is 0 Å². The van der Waals surface area contributed by atoms with Gasteiger partial charge in [0.1, 0.15) is 5.75 Å². The zero-order valence-electron chi connectivity index (χ0n) is 14.8. The van der Waals surface area contributed by atoms with Gasteiger partial charge in [-0.2, -0.15) is 0 Å². The molecule has 2 rings (SSSR count). The highest BCUT2D eigenvalue weighted by Gasteiger charge is 2.15. The van der Waals surface area contributed by atoms with Gasteiger partial charge in [0.15, 0.2) is 11.5 Å². The summed E-state index contributed by atoms with van der Waals surface area (Å²) < 4.78 is 15.6. The SMILES string of the molecule is COc1ccc(/C=C/C(=O)Oc2c(Cl)cc(CNC(N)=O)cc2OC)cc1. The molecule has 7 nitrogen and oxygen atoms in total. The molecule has 0 saturated heterocycles. The van der Waals surface area contributed by atoms with Crippen molar-refractivity contribution in [3.05, 3.63) is 58.6 Å². The number of esters is 1. The normalized spacial score (nSPS) is 10.5. The van der Waals surface area contributed by atoms with E-state index in [0.717, 1.165) is 11.3 Å². The third kappa shape index (κ3) is 5.93. The number of nitrogens with one attached hydrogen (secondary N) is 1. The number of methoxy groups -OCH3 is 2. The highest BCUT2D eigenvalue weighted by Crippen LogP contribution is 2.36. The molecule has 27 heavy (non-hydrogen) atoms. The Balaban J connectivity index is 2.11. The lowest BCUT2D eigenvalue weighted by molar-refractivity contribution is -0.129. The van der Waals surface area contributed by atoms with Crippen LogP contribution >= 0.6 is 11.6 Å². The maximum Gasteiger partial charge on any atom is 0.336 e. The summed E-state index contributed by atoms with van der Waals surface area (Å²) in [5.74, 6) is 0.451. The van der Waals surface area contributed by atoms with Crippen LogP contribution in [0.3, 0.4) is 0 Å². The summed E-state index contributed by atoms with van der Waals surface area (Å²) in [5.41, 5.74) is 6.49. The fourth-order valence-corrected chi connectivity index (χ4v) is 2.45. The smallest absolute Gasteiger partial charge is 0.336 e. The van der Waals surface area contributed by atoms with Gasteiger partial charge in [-0.3, -0.25) is 0 Å². The number of amides is 2. The highest BCUT2D eigenvalue weighted by molar-refractivity contribution is 6.32. The van der Waals surface area contributed by atoms with Crippen LogP contribution in [0.1, 0.15) is 11.1 Å². The first kappa shape index (κ1) is 20.1. The molecule has 3 N–H and O–H groups in total. The molecule has 142 valence electrons. The topological polar surface area (TPSA) is 99.9 Å². The Labute approximate surface area is 161 Å². The number of carbonyl (C=O) groups is 2. The van der Waals surface area contributed by atoms with Crippen LogP contribution in [-0.4, -0.2) is 26.2 Å². The molecule has 0 fully saturated rings. The monoisotopic (exact) mass is 390 g/mol. The van der Waals surface area contributed by atoms with Crippen molar-refractivity contribution in [3.8, 4) is 17.2 Å². The summed E-state index contributed by atoms with van der Waals surface area (Å²) >= 11 is 6.18. The van der Waals surface area contributed by atoms with E-state index in [0.29, 0.717) is 5.56 Å². The first-order valence-electron chi connectivity index (χ1n) is 7.86. The van der Waals surface area contributed by atoms with E-state index in [1.165, 1.54) is 13.2 Å². The largest absolute Gasteiger partial charge is 0.497 e. The minimum absolute atomic E-state index is 0.0892. The van der Waals surface area contributed by atoms with E-state index in [1.54, 1.807) is 49.6 Å². The summed E-state index contributed by atoms with van der Waals surface area (Å²) in [4.78, 5) is 22.9. The molecule has 2 aromatic carbocycles. The zero-order valence-corrected chi connectivity index (χ0v) is 15.6. The number of ether oxygens (including phenoxy) is 3. The Morgan fingerprint density at radius 2 is 1.85 bits per heavy atom. The molecular weight excluding hydrogens is 372 g/mol. The number of carbonyl (C=O) groups excluding carboxylic acids is 2. The van der Waals surface area contributed by atoms with Crippen LogP contribution in [0.25, 0.3) is 6.08 Å². The summed E-state index contributed by atoms with van der Waals surface area (Å²) in [6.45, 7) is 0.164. The molecule has 8 heteroatoms. The first-order chi connectivity index (χ1) is 12.9. The molecule has 0 spiro atoms. The lowest BCUT2D eigenvalue weighted by Crippen LogP contribution is -2.28. The second-order valence-electron chi connectivity index (χ2n) is 5.35. The number of hydrogen-bond donors (Lipinski definition) is 2. The molecule has 0 aliphatic heterocycles. The number of hydrogen-bond acceptors (Lipinski definition) is 5. The third-order valence-corrected chi connectivity index (χ3v) is 3.77. The van der Waals surface area contributed by atoms with E-state index >= 15 is 0 Å². The molecule has 0 aliphatic carbocycles. The van der Waals surface area contributed by atoms with Crippen molar-refractivity contribution in [1.29, 1.82) is 0 Å². The quantitative estimate of drug-likeness (QED) is 0.429. The van der Waals surface area contributed by atoms with Gasteiger partial charge in [0, 0.05) is 12.6 Å². The number of halogens is 1. The maximum atomic E-state index is 12.1. The van der Waals surface area contributed by atoms with Crippen LogP contribution in [0.5, 0.6) is 17.2 Å². The number of primary amides is 1. The highest BCUT2D eigenvalue weighted by atomic mass is 35.5. The molecule has 0 saturated carbocycles. The molecule has 0 bridgehead atoms. The van der Waals surface area contributed by atoms with Crippen molar-refractivity contribution in [2.24, 2.45) is 5.73 Å². The van der Waals surface area contributed by atoms with E-state index < -0.39 is 12.0 Å². The minimum Gasteiger partial charge on any atom is -0.497 e. The fourth-order valence-electron chi connectivity index (χ4n) is 2.18. The summed E-state index contributed by atoms with van der Waals surface area (Å²) in [6.07, 6.45) is 2.88. The standard InChI is InChI=1S/C19H19ClN2O5/c1-25-14-6-3-12(4-7-14)5-8-17(23)27-18-15(20)9-13(10-16(18)26-2)11-22-19(21)24/h3-10H,11H2,1-2H3,(H3,21,22,24)/b8-5+. The van der Waals surface area contributed by atoms with Crippen LogP contribution in [0.2, 0.25) is 5.02 Å². The average molecular weight is 391 g/mol. The minimum atomic E-state index is -0.663. The van der Waals surface area contributed by atoms with Gasteiger partial charge in [0.2, 0.25) is 0 Å². The summed E-state index contributed by atoms with van der Waals surface area (Å²) in [6, 6.07) is 9.65. The number of urea groups is 1. The van der Waals surface area contributed by atoms with E-state index in [9.17, 15) is 9.59 Å². The fraction of sp³-hybridized carbons (Fsp3) is 0.158. The van der Waals surface area contributed by atoms with Crippen molar-refractivity contribution in [2.45, 2.75) is 6.54 Å². The average Bonchev–Trinajstić information content (AvgIpc) is 2.66.